The number of aromatic nitrogens is 1. The number of rotatable bonds is 7. The zero-order valence-electron chi connectivity index (χ0n) is 16.9. The van der Waals surface area contributed by atoms with E-state index in [1.54, 1.807) is 0 Å². The van der Waals surface area contributed by atoms with Crippen molar-refractivity contribution in [1.29, 1.82) is 0 Å². The number of carbonyl (C=O) groups is 2. The first-order valence-corrected chi connectivity index (χ1v) is 9.82. The monoisotopic (exact) mass is 384 g/mol. The van der Waals surface area contributed by atoms with E-state index in [0.29, 0.717) is 12.0 Å². The van der Waals surface area contributed by atoms with Gasteiger partial charge in [0.2, 0.25) is 0 Å². The Bertz CT molecular complexity index is 872. The van der Waals surface area contributed by atoms with E-state index in [9.17, 15) is 9.59 Å². The van der Waals surface area contributed by atoms with Crippen LogP contribution in [0.1, 0.15) is 59.1 Å². The van der Waals surface area contributed by atoms with Gasteiger partial charge in [0.05, 0.1) is 5.60 Å². The third-order valence-electron chi connectivity index (χ3n) is 4.61. The number of fused-ring (bicyclic) bond motifs is 1. The summed E-state index contributed by atoms with van der Waals surface area (Å²) >= 11 is 0. The van der Waals surface area contributed by atoms with Crippen molar-refractivity contribution in [2.24, 2.45) is 0 Å². The summed E-state index contributed by atoms with van der Waals surface area (Å²) < 4.78 is 5.59. The molecule has 6 heteroatoms. The summed E-state index contributed by atoms with van der Waals surface area (Å²) in [6.45, 7) is 7.58. The average Bonchev–Trinajstić information content (AvgIpc) is 3.19. The number of para-hydroxylation sites is 1. The molecule has 0 saturated heterocycles. The van der Waals surface area contributed by atoms with Crippen molar-refractivity contribution in [2.75, 3.05) is 0 Å². The Morgan fingerprint density at radius 3 is 2.68 bits per heavy atom. The number of aromatic amines is 1. The Labute approximate surface area is 165 Å². The molecule has 0 saturated carbocycles. The number of ether oxygens (including phenoxy) is 1. The fourth-order valence-electron chi connectivity index (χ4n) is 3.29. The molecule has 1 unspecified atom stereocenters. The number of hydrogen-bond acceptors (Lipinski definition) is 4. The maximum Gasteiger partial charge on any atom is 0.344 e. The Kier molecular flexibility index (Phi) is 5.89. The summed E-state index contributed by atoms with van der Waals surface area (Å²) in [7, 11) is 0. The van der Waals surface area contributed by atoms with E-state index in [2.05, 4.69) is 17.4 Å². The van der Waals surface area contributed by atoms with Gasteiger partial charge < -0.3 is 9.72 Å². The lowest BCUT2D eigenvalue weighted by Crippen LogP contribution is -2.35. The maximum absolute atomic E-state index is 12.8. The van der Waals surface area contributed by atoms with Gasteiger partial charge in [-0.05, 0) is 51.1 Å². The average molecular weight is 384 g/mol. The van der Waals surface area contributed by atoms with Crippen LogP contribution in [0.15, 0.2) is 35.9 Å². The van der Waals surface area contributed by atoms with Gasteiger partial charge in [-0.15, -0.1) is 0 Å². The quantitative estimate of drug-likeness (QED) is 0.323. The van der Waals surface area contributed by atoms with Crippen LogP contribution in [0, 0.1) is 0 Å². The molecule has 0 spiro atoms. The number of nitrogens with one attached hydrogen (secondary N) is 2. The molecule has 0 bridgehead atoms. The van der Waals surface area contributed by atoms with Crippen LogP contribution in [0.2, 0.25) is 0 Å². The number of hydrogen-bond donors (Lipinski definition) is 2. The van der Waals surface area contributed by atoms with Crippen LogP contribution in [-0.2, 0) is 19.2 Å². The second kappa shape index (κ2) is 8.19. The molecular formula is C22H28N2O4. The van der Waals surface area contributed by atoms with E-state index < -0.39 is 23.6 Å². The van der Waals surface area contributed by atoms with Crippen molar-refractivity contribution in [2.45, 2.75) is 65.1 Å². The molecule has 0 aliphatic carbocycles. The predicted octanol–water partition coefficient (Wildman–Crippen LogP) is 4.27. The van der Waals surface area contributed by atoms with Gasteiger partial charge in [-0.2, -0.15) is 0 Å². The molecule has 1 aliphatic heterocycles. The third-order valence-corrected chi connectivity index (χ3v) is 4.61. The van der Waals surface area contributed by atoms with Gasteiger partial charge in [0.15, 0.2) is 0 Å². The zero-order valence-corrected chi connectivity index (χ0v) is 16.9. The minimum Gasteiger partial charge on any atom is -0.454 e. The van der Waals surface area contributed by atoms with Gasteiger partial charge in [-0.1, -0.05) is 38.0 Å². The van der Waals surface area contributed by atoms with Crippen molar-refractivity contribution < 1.29 is 19.2 Å². The summed E-state index contributed by atoms with van der Waals surface area (Å²) in [5.74, 6) is -1.18. The molecule has 3 rings (SSSR count). The second-order valence-corrected chi connectivity index (χ2v) is 8.09. The molecule has 2 N–H and O–H groups in total. The van der Waals surface area contributed by atoms with Crippen molar-refractivity contribution in [1.82, 2.24) is 10.5 Å². The van der Waals surface area contributed by atoms with Gasteiger partial charge in [-0.3, -0.25) is 9.63 Å². The molecule has 2 aromatic rings. The zero-order chi connectivity index (χ0) is 20.3. The fraction of sp³-hybridized carbons (Fsp3) is 0.455. The summed E-state index contributed by atoms with van der Waals surface area (Å²) in [6.07, 6.45) is 3.27. The van der Waals surface area contributed by atoms with E-state index in [1.807, 2.05) is 51.1 Å². The second-order valence-electron chi connectivity index (χ2n) is 8.09. The van der Waals surface area contributed by atoms with Crippen LogP contribution in [-0.4, -0.2) is 28.6 Å². The standard InChI is InChI=1S/C22H28N2O4/c1-5-6-7-12-17-18(16-13-14-10-8-9-11-15(14)23-16)19(21(26)27-17)20(25)24-28-22(2,3)4/h8-11,13,17,23H,5-7,12H2,1-4H3,(H,24,25). The highest BCUT2D eigenvalue weighted by atomic mass is 16.7. The Morgan fingerprint density at radius 2 is 2.00 bits per heavy atom. The molecule has 0 radical (unpaired) electrons. The number of benzene rings is 1. The molecule has 1 aromatic carbocycles. The number of cyclic esters (lactones) is 1. The smallest absolute Gasteiger partial charge is 0.344 e. The molecule has 1 atom stereocenters. The normalized spacial score (nSPS) is 17.3. The van der Waals surface area contributed by atoms with E-state index in [4.69, 9.17) is 9.57 Å². The maximum atomic E-state index is 12.8. The molecule has 150 valence electrons. The first-order chi connectivity index (χ1) is 13.3. The van der Waals surface area contributed by atoms with E-state index in [-0.39, 0.29) is 5.57 Å². The fourth-order valence-corrected chi connectivity index (χ4v) is 3.29. The van der Waals surface area contributed by atoms with Gasteiger partial charge in [0.25, 0.3) is 5.91 Å². The van der Waals surface area contributed by atoms with E-state index in [1.165, 1.54) is 0 Å². The van der Waals surface area contributed by atoms with Crippen LogP contribution in [0.4, 0.5) is 0 Å². The highest BCUT2D eigenvalue weighted by Gasteiger charge is 2.39. The lowest BCUT2D eigenvalue weighted by atomic mass is 9.97. The van der Waals surface area contributed by atoms with E-state index in [0.717, 1.165) is 35.9 Å². The number of amides is 1. The first kappa shape index (κ1) is 20.1. The van der Waals surface area contributed by atoms with Crippen LogP contribution in [0.3, 0.4) is 0 Å². The summed E-state index contributed by atoms with van der Waals surface area (Å²) in [5, 5.41) is 1.02. The highest BCUT2D eigenvalue weighted by molar-refractivity contribution is 6.24. The highest BCUT2D eigenvalue weighted by Crippen LogP contribution is 2.35. The largest absolute Gasteiger partial charge is 0.454 e. The van der Waals surface area contributed by atoms with Crippen molar-refractivity contribution in [3.63, 3.8) is 0 Å². The molecule has 1 aromatic heterocycles. The Morgan fingerprint density at radius 1 is 1.25 bits per heavy atom. The Hall–Kier alpha value is -2.60. The number of carbonyl (C=O) groups excluding carboxylic acids is 2. The predicted molar refractivity (Wildman–Crippen MR) is 108 cm³/mol. The Balaban J connectivity index is 1.99. The molecular weight excluding hydrogens is 356 g/mol. The molecule has 1 aliphatic rings. The molecule has 2 heterocycles. The van der Waals surface area contributed by atoms with Crippen molar-refractivity contribution >= 4 is 28.4 Å². The minimum absolute atomic E-state index is 0.0114. The number of unbranched alkanes of at least 4 members (excludes halogenated alkanes) is 2. The topological polar surface area (TPSA) is 80.4 Å². The summed E-state index contributed by atoms with van der Waals surface area (Å²) in [5.41, 5.74) is 4.13. The minimum atomic E-state index is -0.606. The van der Waals surface area contributed by atoms with Gasteiger partial charge in [0.1, 0.15) is 11.7 Å². The van der Waals surface area contributed by atoms with Crippen LogP contribution in [0.5, 0.6) is 0 Å². The number of esters is 1. The summed E-state index contributed by atoms with van der Waals surface area (Å²) in [4.78, 5) is 34.0. The lowest BCUT2D eigenvalue weighted by Gasteiger charge is -2.19. The lowest BCUT2D eigenvalue weighted by molar-refractivity contribution is -0.147. The molecule has 28 heavy (non-hydrogen) atoms. The number of hydroxylamine groups is 1. The van der Waals surface area contributed by atoms with Crippen LogP contribution in [0.25, 0.3) is 16.5 Å². The molecule has 0 fully saturated rings. The SMILES string of the molecule is CCCCCC1OC(=O)C(C(=O)NOC(C)(C)C)=C1c1cc2ccccc2[nH]1. The molecule has 1 amide bonds. The van der Waals surface area contributed by atoms with Crippen LogP contribution >= 0.6 is 0 Å². The molecule has 6 nitrogen and oxygen atoms in total. The van der Waals surface area contributed by atoms with Gasteiger partial charge >= 0.3 is 5.97 Å². The van der Waals surface area contributed by atoms with Crippen molar-refractivity contribution in [3.05, 3.63) is 41.6 Å². The summed E-state index contributed by atoms with van der Waals surface area (Å²) in [6, 6.07) is 9.80. The number of H-pyrrole nitrogens is 1. The van der Waals surface area contributed by atoms with E-state index >= 15 is 0 Å². The van der Waals surface area contributed by atoms with Crippen LogP contribution < -0.4 is 5.48 Å². The first-order valence-electron chi connectivity index (χ1n) is 9.82. The van der Waals surface area contributed by atoms with Crippen molar-refractivity contribution in [3.8, 4) is 0 Å². The van der Waals surface area contributed by atoms with Gasteiger partial charge in [-0.25, -0.2) is 10.3 Å². The van der Waals surface area contributed by atoms with Gasteiger partial charge in [0, 0.05) is 16.8 Å². The third kappa shape index (κ3) is 4.44.